The number of fused-ring (bicyclic) bond motifs is 4. The Balaban J connectivity index is 1.74. The first-order chi connectivity index (χ1) is 15.4. The maximum Gasteiger partial charge on any atom is 0.251 e. The largest absolute Gasteiger partial charge is 0.324 e. The Morgan fingerprint density at radius 2 is 1.53 bits per heavy atom. The van der Waals surface area contributed by atoms with Gasteiger partial charge in [0.1, 0.15) is 11.0 Å². The zero-order valence-electron chi connectivity index (χ0n) is 17.3. The van der Waals surface area contributed by atoms with Gasteiger partial charge >= 0.3 is 0 Å². The van der Waals surface area contributed by atoms with Gasteiger partial charge in [-0.3, -0.25) is 19.3 Å². The summed E-state index contributed by atoms with van der Waals surface area (Å²) in [6, 6.07) is 21.6. The molecule has 0 aromatic heterocycles. The van der Waals surface area contributed by atoms with E-state index in [0.717, 1.165) is 5.56 Å². The average Bonchev–Trinajstić information content (AvgIpc) is 3.34. The van der Waals surface area contributed by atoms with Crippen LogP contribution in [0, 0.1) is 5.41 Å². The quantitative estimate of drug-likeness (QED) is 0.571. The second kappa shape index (κ2) is 6.37. The molecule has 32 heavy (non-hydrogen) atoms. The number of nitrogens with one attached hydrogen (secondary N) is 1. The van der Waals surface area contributed by atoms with Crippen molar-refractivity contribution < 1.29 is 14.4 Å². The smallest absolute Gasteiger partial charge is 0.251 e. The Labute approximate surface area is 190 Å². The highest BCUT2D eigenvalue weighted by atomic mass is 35.5. The van der Waals surface area contributed by atoms with Crippen molar-refractivity contribution in [1.29, 1.82) is 0 Å². The van der Waals surface area contributed by atoms with Crippen LogP contribution in [0.2, 0.25) is 5.02 Å². The third kappa shape index (κ3) is 2.01. The van der Waals surface area contributed by atoms with Gasteiger partial charge in [-0.25, -0.2) is 0 Å². The lowest BCUT2D eigenvalue weighted by Gasteiger charge is -2.42. The molecule has 1 fully saturated rings. The van der Waals surface area contributed by atoms with Gasteiger partial charge in [-0.15, -0.1) is 0 Å². The molecule has 6 heteroatoms. The van der Waals surface area contributed by atoms with E-state index in [2.05, 4.69) is 5.32 Å². The Morgan fingerprint density at radius 1 is 0.906 bits per heavy atom. The summed E-state index contributed by atoms with van der Waals surface area (Å²) in [6.45, 7) is 0.370. The fourth-order valence-electron chi connectivity index (χ4n) is 6.22. The minimum absolute atomic E-state index is 0.306. The number of halogens is 1. The second-order valence-electron chi connectivity index (χ2n) is 8.71. The number of amides is 1. The summed E-state index contributed by atoms with van der Waals surface area (Å²) in [6.07, 6.45) is 0. The lowest BCUT2D eigenvalue weighted by Crippen LogP contribution is -2.60. The molecule has 2 heterocycles. The normalized spacial score (nSPS) is 25.4. The van der Waals surface area contributed by atoms with Gasteiger partial charge in [0.15, 0.2) is 11.6 Å². The molecular weight excluding hydrogens is 424 g/mol. The van der Waals surface area contributed by atoms with E-state index < -0.39 is 16.9 Å². The van der Waals surface area contributed by atoms with E-state index in [1.54, 1.807) is 42.5 Å². The number of hydrogen-bond donors (Lipinski definition) is 1. The Bertz CT molecular complexity index is 1300. The molecular formula is C26H19ClN2O3. The zero-order valence-corrected chi connectivity index (χ0v) is 18.0. The SMILES string of the molecule is CN1C[C@H](c2ccccc2)C2(C(=O)c3ccccc3C2=O)[C@@]12C(=O)Nc1ccc(Cl)cc12. The Hall–Kier alpha value is -3.28. The van der Waals surface area contributed by atoms with Crippen LogP contribution in [0.4, 0.5) is 5.69 Å². The number of anilines is 1. The number of Topliss-reactive ketones (excluding diaryl/α,β-unsaturated/α-hetero) is 2. The van der Waals surface area contributed by atoms with Crippen LogP contribution in [-0.4, -0.2) is 36.0 Å². The minimum atomic E-state index is -1.63. The van der Waals surface area contributed by atoms with Crippen LogP contribution in [-0.2, 0) is 10.3 Å². The number of carbonyl (C=O) groups is 3. The molecule has 3 aliphatic rings. The predicted molar refractivity (Wildman–Crippen MR) is 121 cm³/mol. The molecule has 1 saturated heterocycles. The van der Waals surface area contributed by atoms with Crippen LogP contribution >= 0.6 is 11.6 Å². The minimum Gasteiger partial charge on any atom is -0.324 e. The predicted octanol–water partition coefficient (Wildman–Crippen LogP) is 4.28. The molecule has 6 rings (SSSR count). The van der Waals surface area contributed by atoms with Crippen molar-refractivity contribution in [1.82, 2.24) is 4.90 Å². The molecule has 0 radical (unpaired) electrons. The van der Waals surface area contributed by atoms with Gasteiger partial charge in [0, 0.05) is 39.9 Å². The molecule has 3 aromatic carbocycles. The van der Waals surface area contributed by atoms with Crippen molar-refractivity contribution in [3.05, 3.63) is 100 Å². The zero-order chi connectivity index (χ0) is 22.3. The number of benzene rings is 3. The van der Waals surface area contributed by atoms with Crippen LogP contribution in [0.25, 0.3) is 0 Å². The number of rotatable bonds is 1. The molecule has 0 saturated carbocycles. The number of likely N-dealkylation sites (tertiary alicyclic amines) is 1. The molecule has 1 N–H and O–H groups in total. The van der Waals surface area contributed by atoms with Crippen molar-refractivity contribution in [3.63, 3.8) is 0 Å². The van der Waals surface area contributed by atoms with Crippen molar-refractivity contribution in [3.8, 4) is 0 Å². The molecule has 5 nitrogen and oxygen atoms in total. The van der Waals surface area contributed by atoms with Gasteiger partial charge in [-0.1, -0.05) is 66.2 Å². The van der Waals surface area contributed by atoms with E-state index >= 15 is 0 Å². The fraction of sp³-hybridized carbons (Fsp3) is 0.192. The fourth-order valence-corrected chi connectivity index (χ4v) is 6.40. The lowest BCUT2D eigenvalue weighted by atomic mass is 9.58. The Kier molecular flexibility index (Phi) is 3.87. The van der Waals surface area contributed by atoms with E-state index in [-0.39, 0.29) is 17.5 Å². The molecule has 158 valence electrons. The Morgan fingerprint density at radius 3 is 2.19 bits per heavy atom. The molecule has 3 aromatic rings. The summed E-state index contributed by atoms with van der Waals surface area (Å²) < 4.78 is 0. The summed E-state index contributed by atoms with van der Waals surface area (Å²) in [4.78, 5) is 44.3. The number of nitrogens with zero attached hydrogens (tertiary/aromatic N) is 1. The number of hydrogen-bond acceptors (Lipinski definition) is 4. The van der Waals surface area contributed by atoms with E-state index in [4.69, 9.17) is 11.6 Å². The molecule has 1 aliphatic carbocycles. The second-order valence-corrected chi connectivity index (χ2v) is 9.15. The molecule has 1 amide bonds. The maximum absolute atomic E-state index is 14.3. The van der Waals surface area contributed by atoms with Crippen molar-refractivity contribution in [2.75, 3.05) is 18.9 Å². The van der Waals surface area contributed by atoms with Gasteiger partial charge in [0.25, 0.3) is 5.91 Å². The maximum atomic E-state index is 14.3. The van der Waals surface area contributed by atoms with Crippen molar-refractivity contribution in [2.24, 2.45) is 5.41 Å². The van der Waals surface area contributed by atoms with E-state index in [1.807, 2.05) is 42.3 Å². The number of carbonyl (C=O) groups excluding carboxylic acids is 3. The van der Waals surface area contributed by atoms with Crippen molar-refractivity contribution >= 4 is 34.8 Å². The highest BCUT2D eigenvalue weighted by Gasteiger charge is 2.78. The van der Waals surface area contributed by atoms with Crippen LogP contribution in [0.1, 0.15) is 37.8 Å². The van der Waals surface area contributed by atoms with E-state index in [1.165, 1.54) is 0 Å². The third-order valence-corrected chi connectivity index (χ3v) is 7.64. The van der Waals surface area contributed by atoms with Gasteiger partial charge in [-0.2, -0.15) is 0 Å². The van der Waals surface area contributed by atoms with Gasteiger partial charge in [-0.05, 0) is 30.8 Å². The summed E-state index contributed by atoms with van der Waals surface area (Å²) >= 11 is 6.36. The van der Waals surface area contributed by atoms with Gasteiger partial charge < -0.3 is 5.32 Å². The molecule has 2 aliphatic heterocycles. The first-order valence-electron chi connectivity index (χ1n) is 10.5. The molecule has 2 atom stereocenters. The van der Waals surface area contributed by atoms with Crippen LogP contribution in [0.3, 0.4) is 0 Å². The monoisotopic (exact) mass is 442 g/mol. The number of ketones is 2. The van der Waals surface area contributed by atoms with E-state index in [9.17, 15) is 14.4 Å². The standard InChI is InChI=1S/C26H19ClN2O3/c1-29-14-20(15-7-3-2-4-8-15)25(22(30)17-9-5-6-10-18(17)23(25)31)26(29)19-13-16(27)11-12-21(19)28-24(26)32/h2-13,20H,14H2,1H3,(H,28,32)/t20-,26-/m1/s1. The first-order valence-corrected chi connectivity index (χ1v) is 10.9. The van der Waals surface area contributed by atoms with Crippen LogP contribution < -0.4 is 5.32 Å². The third-order valence-electron chi connectivity index (χ3n) is 7.41. The molecule has 0 bridgehead atoms. The van der Waals surface area contributed by atoms with Crippen molar-refractivity contribution in [2.45, 2.75) is 11.5 Å². The molecule has 2 spiro atoms. The summed E-state index contributed by atoms with van der Waals surface area (Å²) in [5.41, 5.74) is -0.378. The summed E-state index contributed by atoms with van der Waals surface area (Å²) in [7, 11) is 1.81. The highest BCUT2D eigenvalue weighted by Crippen LogP contribution is 2.66. The number of likely N-dealkylation sites (N-methyl/N-ethyl adjacent to an activating group) is 1. The summed E-state index contributed by atoms with van der Waals surface area (Å²) in [5.74, 6) is -1.49. The van der Waals surface area contributed by atoms with E-state index in [0.29, 0.717) is 33.9 Å². The van der Waals surface area contributed by atoms with Gasteiger partial charge in [0.05, 0.1) is 0 Å². The highest BCUT2D eigenvalue weighted by molar-refractivity contribution is 6.35. The topological polar surface area (TPSA) is 66.5 Å². The van der Waals surface area contributed by atoms with Crippen LogP contribution in [0.15, 0.2) is 72.8 Å². The first kappa shape index (κ1) is 19.4. The average molecular weight is 443 g/mol. The van der Waals surface area contributed by atoms with Crippen LogP contribution in [0.5, 0.6) is 0 Å². The van der Waals surface area contributed by atoms with Gasteiger partial charge in [0.2, 0.25) is 0 Å². The lowest BCUT2D eigenvalue weighted by molar-refractivity contribution is -0.128. The summed E-state index contributed by atoms with van der Waals surface area (Å²) in [5, 5.41) is 3.38. The molecule has 0 unspecified atom stereocenters.